The van der Waals surface area contributed by atoms with Crippen LogP contribution in [0.25, 0.3) is 22.4 Å². The molecule has 1 amide bonds. The molecule has 0 atom stereocenters. The molecule has 23 heavy (non-hydrogen) atoms. The molecule has 0 saturated carbocycles. The van der Waals surface area contributed by atoms with Gasteiger partial charge >= 0.3 is 0 Å². The van der Waals surface area contributed by atoms with Gasteiger partial charge in [-0.1, -0.05) is 6.07 Å². The van der Waals surface area contributed by atoms with E-state index >= 15 is 0 Å². The fourth-order valence-electron chi connectivity index (χ4n) is 2.69. The van der Waals surface area contributed by atoms with Gasteiger partial charge in [-0.15, -0.1) is 0 Å². The van der Waals surface area contributed by atoms with E-state index < -0.39 is 0 Å². The van der Waals surface area contributed by atoms with Gasteiger partial charge in [-0.2, -0.15) is 0 Å². The minimum absolute atomic E-state index is 0.0794. The number of carbonyl (C=O) groups excluding carboxylic acids is 1. The predicted molar refractivity (Wildman–Crippen MR) is 91.3 cm³/mol. The highest BCUT2D eigenvalue weighted by atomic mass is 16.2. The van der Waals surface area contributed by atoms with Crippen molar-refractivity contribution in [2.45, 2.75) is 6.92 Å². The molecule has 5 nitrogen and oxygen atoms in total. The van der Waals surface area contributed by atoms with Crippen LogP contribution in [0.15, 0.2) is 42.5 Å². The van der Waals surface area contributed by atoms with Gasteiger partial charge in [0.2, 0.25) is 5.91 Å². The van der Waals surface area contributed by atoms with Crippen LogP contribution in [0.4, 0.5) is 5.69 Å². The summed E-state index contributed by atoms with van der Waals surface area (Å²) in [7, 11) is 0. The van der Waals surface area contributed by atoms with Gasteiger partial charge < -0.3 is 15.6 Å². The fraction of sp³-hybridized carbons (Fsp3) is 0.222. The van der Waals surface area contributed by atoms with Gasteiger partial charge in [0.1, 0.15) is 5.82 Å². The number of aryl methyl sites for hydroxylation is 1. The van der Waals surface area contributed by atoms with Crippen LogP contribution in [-0.2, 0) is 4.79 Å². The fourth-order valence-corrected chi connectivity index (χ4v) is 2.69. The van der Waals surface area contributed by atoms with Crippen LogP contribution in [0, 0.1) is 12.8 Å². The number of hydrogen-bond donors (Lipinski definition) is 3. The van der Waals surface area contributed by atoms with Gasteiger partial charge in [-0.05, 0) is 48.9 Å². The largest absolute Gasteiger partial charge is 0.338 e. The second-order valence-corrected chi connectivity index (χ2v) is 6.03. The Morgan fingerprint density at radius 2 is 1.96 bits per heavy atom. The summed E-state index contributed by atoms with van der Waals surface area (Å²) in [4.78, 5) is 19.9. The first-order valence-corrected chi connectivity index (χ1v) is 7.77. The second kappa shape index (κ2) is 5.52. The number of hydrogen-bond acceptors (Lipinski definition) is 3. The van der Waals surface area contributed by atoms with E-state index in [0.29, 0.717) is 0 Å². The molecule has 3 N–H and O–H groups in total. The van der Waals surface area contributed by atoms with Gasteiger partial charge in [-0.3, -0.25) is 4.79 Å². The number of fused-ring (bicyclic) bond motifs is 1. The molecule has 5 heteroatoms. The van der Waals surface area contributed by atoms with Crippen LogP contribution in [0.2, 0.25) is 0 Å². The van der Waals surface area contributed by atoms with E-state index in [9.17, 15) is 4.79 Å². The molecule has 0 radical (unpaired) electrons. The normalized spacial score (nSPS) is 14.7. The number of aromatic nitrogens is 2. The van der Waals surface area contributed by atoms with E-state index in [2.05, 4.69) is 39.7 Å². The number of H-pyrrole nitrogens is 1. The molecule has 4 rings (SSSR count). The SMILES string of the molecule is Cc1ccc2nc(-c3ccc(NC(=O)C4CNC4)cc3)[nH]c2c1. The predicted octanol–water partition coefficient (Wildman–Crippen LogP) is 2.70. The lowest BCUT2D eigenvalue weighted by atomic mass is 10.0. The van der Waals surface area contributed by atoms with Crippen LogP contribution < -0.4 is 10.6 Å². The molecule has 0 aliphatic carbocycles. The molecule has 2 aromatic carbocycles. The standard InChI is InChI=1S/C18H18N4O/c1-11-2-7-15-16(8-11)22-17(21-15)12-3-5-14(6-4-12)20-18(23)13-9-19-10-13/h2-8,13,19H,9-10H2,1H3,(H,20,23)(H,21,22). The Morgan fingerprint density at radius 3 is 2.65 bits per heavy atom. The summed E-state index contributed by atoms with van der Waals surface area (Å²) in [5.41, 5.74) is 5.02. The maximum atomic E-state index is 11.9. The maximum Gasteiger partial charge on any atom is 0.230 e. The molecule has 1 aliphatic heterocycles. The number of amides is 1. The highest BCUT2D eigenvalue weighted by Crippen LogP contribution is 2.23. The van der Waals surface area contributed by atoms with Gasteiger partial charge in [0.05, 0.1) is 17.0 Å². The van der Waals surface area contributed by atoms with Crippen LogP contribution in [-0.4, -0.2) is 29.0 Å². The van der Waals surface area contributed by atoms with Crippen molar-refractivity contribution in [1.82, 2.24) is 15.3 Å². The summed E-state index contributed by atoms with van der Waals surface area (Å²) >= 11 is 0. The average molecular weight is 306 g/mol. The summed E-state index contributed by atoms with van der Waals surface area (Å²) in [6.45, 7) is 3.60. The molecule has 1 aliphatic rings. The first-order chi connectivity index (χ1) is 11.2. The summed E-state index contributed by atoms with van der Waals surface area (Å²) < 4.78 is 0. The zero-order valence-electron chi connectivity index (χ0n) is 12.9. The van der Waals surface area contributed by atoms with Crippen molar-refractivity contribution in [1.29, 1.82) is 0 Å². The zero-order chi connectivity index (χ0) is 15.8. The third-order valence-corrected chi connectivity index (χ3v) is 4.22. The first-order valence-electron chi connectivity index (χ1n) is 7.77. The minimum atomic E-state index is 0.0794. The number of nitrogens with zero attached hydrogens (tertiary/aromatic N) is 1. The molecular formula is C18H18N4O. The van der Waals surface area contributed by atoms with Gasteiger partial charge in [0.25, 0.3) is 0 Å². The zero-order valence-corrected chi connectivity index (χ0v) is 12.9. The maximum absolute atomic E-state index is 11.9. The number of rotatable bonds is 3. The lowest BCUT2D eigenvalue weighted by Crippen LogP contribution is -2.48. The molecule has 1 aromatic heterocycles. The Labute approximate surface area is 134 Å². The molecule has 0 unspecified atom stereocenters. The lowest BCUT2D eigenvalue weighted by molar-refractivity contribution is -0.121. The molecule has 3 aromatic rings. The van der Waals surface area contributed by atoms with Crippen LogP contribution in [0.5, 0.6) is 0 Å². The van der Waals surface area contributed by atoms with Crippen LogP contribution in [0.3, 0.4) is 0 Å². The summed E-state index contributed by atoms with van der Waals surface area (Å²) in [6, 6.07) is 13.9. The van der Waals surface area contributed by atoms with E-state index in [4.69, 9.17) is 0 Å². The third-order valence-electron chi connectivity index (χ3n) is 4.22. The quantitative estimate of drug-likeness (QED) is 0.697. The number of carbonyl (C=O) groups is 1. The summed E-state index contributed by atoms with van der Waals surface area (Å²) in [5.74, 6) is 1.01. The molecular weight excluding hydrogens is 288 g/mol. The smallest absolute Gasteiger partial charge is 0.230 e. The second-order valence-electron chi connectivity index (χ2n) is 6.03. The van der Waals surface area contributed by atoms with Crippen molar-refractivity contribution >= 4 is 22.6 Å². The number of aromatic amines is 1. The first kappa shape index (κ1) is 14.0. The van der Waals surface area contributed by atoms with E-state index in [-0.39, 0.29) is 11.8 Å². The highest BCUT2D eigenvalue weighted by molar-refractivity contribution is 5.93. The van der Waals surface area contributed by atoms with Crippen molar-refractivity contribution in [3.8, 4) is 11.4 Å². The van der Waals surface area contributed by atoms with Crippen molar-refractivity contribution in [2.24, 2.45) is 5.92 Å². The van der Waals surface area contributed by atoms with Crippen LogP contribution in [0.1, 0.15) is 5.56 Å². The van der Waals surface area contributed by atoms with Crippen LogP contribution >= 0.6 is 0 Å². The van der Waals surface area contributed by atoms with Crippen molar-refractivity contribution in [2.75, 3.05) is 18.4 Å². The Kier molecular flexibility index (Phi) is 3.35. The van der Waals surface area contributed by atoms with Gasteiger partial charge in [0, 0.05) is 24.3 Å². The van der Waals surface area contributed by atoms with E-state index in [1.807, 2.05) is 30.3 Å². The number of benzene rings is 2. The summed E-state index contributed by atoms with van der Waals surface area (Å²) in [5, 5.41) is 6.05. The number of anilines is 1. The topological polar surface area (TPSA) is 69.8 Å². The van der Waals surface area contributed by atoms with Crippen molar-refractivity contribution < 1.29 is 4.79 Å². The average Bonchev–Trinajstić information content (AvgIpc) is 2.89. The minimum Gasteiger partial charge on any atom is -0.338 e. The van der Waals surface area contributed by atoms with E-state index in [1.54, 1.807) is 0 Å². The molecule has 1 fully saturated rings. The Bertz CT molecular complexity index is 862. The number of nitrogens with one attached hydrogen (secondary N) is 3. The molecule has 0 bridgehead atoms. The number of imidazole rings is 1. The Hall–Kier alpha value is -2.66. The van der Waals surface area contributed by atoms with E-state index in [0.717, 1.165) is 41.2 Å². The molecule has 116 valence electrons. The lowest BCUT2D eigenvalue weighted by Gasteiger charge is -2.25. The molecule has 2 heterocycles. The van der Waals surface area contributed by atoms with Crippen molar-refractivity contribution in [3.05, 3.63) is 48.0 Å². The summed E-state index contributed by atoms with van der Waals surface area (Å²) in [6.07, 6.45) is 0. The Balaban J connectivity index is 1.55. The van der Waals surface area contributed by atoms with Gasteiger partial charge in [-0.25, -0.2) is 4.98 Å². The van der Waals surface area contributed by atoms with Gasteiger partial charge in [0.15, 0.2) is 0 Å². The molecule has 0 spiro atoms. The van der Waals surface area contributed by atoms with Crippen molar-refractivity contribution in [3.63, 3.8) is 0 Å². The highest BCUT2D eigenvalue weighted by Gasteiger charge is 2.24. The van der Waals surface area contributed by atoms with E-state index in [1.165, 1.54) is 5.56 Å². The molecule has 1 saturated heterocycles. The Morgan fingerprint density at radius 1 is 1.17 bits per heavy atom. The monoisotopic (exact) mass is 306 g/mol. The third kappa shape index (κ3) is 2.71.